The van der Waals surface area contributed by atoms with E-state index in [9.17, 15) is 14.7 Å². The lowest BCUT2D eigenvalue weighted by Crippen LogP contribution is -2.28. The summed E-state index contributed by atoms with van der Waals surface area (Å²) in [5, 5.41) is 12.6. The number of amides is 1. The molecule has 0 aliphatic heterocycles. The molecule has 120 valence electrons. The Bertz CT molecular complexity index is 767. The van der Waals surface area contributed by atoms with E-state index in [4.69, 9.17) is 0 Å². The molecule has 3 rings (SSSR count). The van der Waals surface area contributed by atoms with E-state index < -0.39 is 6.10 Å². The minimum absolute atomic E-state index is 0.148. The summed E-state index contributed by atoms with van der Waals surface area (Å²) < 4.78 is 0. The average Bonchev–Trinajstić information content (AvgIpc) is 2.93. The number of hydrogen-bond acceptors (Lipinski definition) is 4. The van der Waals surface area contributed by atoms with Gasteiger partial charge in [-0.05, 0) is 50.5 Å². The highest BCUT2D eigenvalue weighted by atomic mass is 16.3. The first kappa shape index (κ1) is 15.4. The summed E-state index contributed by atoms with van der Waals surface area (Å²) in [5.74, 6) is 0.0217. The van der Waals surface area contributed by atoms with Crippen LogP contribution in [0.25, 0.3) is 11.4 Å². The van der Waals surface area contributed by atoms with Gasteiger partial charge in [0.2, 0.25) is 5.91 Å². The van der Waals surface area contributed by atoms with Crippen LogP contribution in [0, 0.1) is 12.8 Å². The van der Waals surface area contributed by atoms with Crippen LogP contribution >= 0.6 is 0 Å². The van der Waals surface area contributed by atoms with E-state index >= 15 is 0 Å². The molecule has 0 spiro atoms. The van der Waals surface area contributed by atoms with Crippen molar-refractivity contribution < 1.29 is 9.90 Å². The zero-order valence-electron chi connectivity index (χ0n) is 12.9. The van der Waals surface area contributed by atoms with Crippen molar-refractivity contribution in [3.05, 3.63) is 46.4 Å². The highest BCUT2D eigenvalue weighted by molar-refractivity contribution is 5.93. The largest absolute Gasteiger partial charge is 0.392 e. The molecule has 1 aromatic carbocycles. The van der Waals surface area contributed by atoms with Gasteiger partial charge in [0.15, 0.2) is 0 Å². The molecule has 1 amide bonds. The van der Waals surface area contributed by atoms with E-state index in [0.29, 0.717) is 23.6 Å². The molecular formula is C17H19N3O3. The molecule has 1 aliphatic carbocycles. The van der Waals surface area contributed by atoms with Gasteiger partial charge < -0.3 is 15.4 Å². The number of H-pyrrole nitrogens is 1. The molecule has 2 aromatic rings. The normalized spacial score (nSPS) is 20.4. The summed E-state index contributed by atoms with van der Waals surface area (Å²) >= 11 is 0. The fraction of sp³-hybridized carbons (Fsp3) is 0.353. The molecular weight excluding hydrogens is 294 g/mol. The van der Waals surface area contributed by atoms with Crippen molar-refractivity contribution in [2.45, 2.75) is 32.3 Å². The Kier molecular flexibility index (Phi) is 4.25. The first-order valence-corrected chi connectivity index (χ1v) is 7.70. The second kappa shape index (κ2) is 6.34. The van der Waals surface area contributed by atoms with Crippen LogP contribution in [-0.2, 0) is 4.79 Å². The topological polar surface area (TPSA) is 95.1 Å². The summed E-state index contributed by atoms with van der Waals surface area (Å²) in [6, 6.07) is 8.54. The van der Waals surface area contributed by atoms with Crippen LogP contribution in [0.15, 0.2) is 35.1 Å². The molecule has 1 fully saturated rings. The molecule has 2 unspecified atom stereocenters. The third kappa shape index (κ3) is 3.48. The zero-order valence-corrected chi connectivity index (χ0v) is 12.9. The van der Waals surface area contributed by atoms with Crippen molar-refractivity contribution in [2.24, 2.45) is 5.92 Å². The van der Waals surface area contributed by atoms with Crippen LogP contribution in [0.2, 0.25) is 0 Å². The summed E-state index contributed by atoms with van der Waals surface area (Å²) in [7, 11) is 0. The van der Waals surface area contributed by atoms with E-state index in [1.807, 2.05) is 0 Å². The number of carbonyl (C=O) groups is 1. The first-order valence-electron chi connectivity index (χ1n) is 7.70. The molecule has 0 saturated heterocycles. The van der Waals surface area contributed by atoms with Crippen LogP contribution in [0.4, 0.5) is 5.69 Å². The third-order valence-corrected chi connectivity index (χ3v) is 4.11. The zero-order chi connectivity index (χ0) is 16.4. The predicted octanol–water partition coefficient (Wildman–Crippen LogP) is 1.84. The summed E-state index contributed by atoms with van der Waals surface area (Å²) in [6.45, 7) is 1.76. The van der Waals surface area contributed by atoms with Gasteiger partial charge in [0.25, 0.3) is 5.56 Å². The Hall–Kier alpha value is -2.47. The number of rotatable bonds is 3. The third-order valence-electron chi connectivity index (χ3n) is 4.11. The maximum atomic E-state index is 12.1. The summed E-state index contributed by atoms with van der Waals surface area (Å²) in [5.41, 5.74) is 1.88. The Morgan fingerprint density at radius 2 is 2.04 bits per heavy atom. The molecule has 0 bridgehead atoms. The van der Waals surface area contributed by atoms with Crippen LogP contribution in [-0.4, -0.2) is 27.1 Å². The minimum Gasteiger partial charge on any atom is -0.392 e. The number of aliphatic hydroxyl groups is 1. The lowest BCUT2D eigenvalue weighted by Gasteiger charge is -2.14. The standard InChI is InChI=1S/C17H19N3O3/c1-10-9-15(22)20-16(18-10)11-5-7-12(8-6-11)19-17(23)13-3-2-4-14(13)21/h5-9,13-14,21H,2-4H2,1H3,(H,19,23)(H,18,20,22). The Balaban J connectivity index is 1.74. The van der Waals surface area contributed by atoms with Gasteiger partial charge in [-0.15, -0.1) is 0 Å². The molecule has 3 N–H and O–H groups in total. The number of aryl methyl sites for hydroxylation is 1. The lowest BCUT2D eigenvalue weighted by atomic mass is 10.1. The molecule has 1 saturated carbocycles. The van der Waals surface area contributed by atoms with Crippen LogP contribution in [0.1, 0.15) is 25.0 Å². The van der Waals surface area contributed by atoms with Crippen molar-refractivity contribution in [3.8, 4) is 11.4 Å². The SMILES string of the molecule is Cc1cc(=O)[nH]c(-c2ccc(NC(=O)C3CCCC3O)cc2)n1. The van der Waals surface area contributed by atoms with Gasteiger partial charge in [0.1, 0.15) is 5.82 Å². The number of hydrogen-bond donors (Lipinski definition) is 3. The van der Waals surface area contributed by atoms with Gasteiger partial charge in [-0.1, -0.05) is 0 Å². The van der Waals surface area contributed by atoms with Gasteiger partial charge in [-0.2, -0.15) is 0 Å². The summed E-state index contributed by atoms with van der Waals surface area (Å²) in [4.78, 5) is 30.6. The van der Waals surface area contributed by atoms with E-state index in [-0.39, 0.29) is 17.4 Å². The molecule has 1 heterocycles. The monoisotopic (exact) mass is 313 g/mol. The molecule has 6 nitrogen and oxygen atoms in total. The van der Waals surface area contributed by atoms with E-state index in [1.165, 1.54) is 6.07 Å². The van der Waals surface area contributed by atoms with Crippen LogP contribution in [0.3, 0.4) is 0 Å². The fourth-order valence-corrected chi connectivity index (χ4v) is 2.91. The second-order valence-corrected chi connectivity index (χ2v) is 5.91. The van der Waals surface area contributed by atoms with Gasteiger partial charge >= 0.3 is 0 Å². The van der Waals surface area contributed by atoms with E-state index in [0.717, 1.165) is 18.4 Å². The van der Waals surface area contributed by atoms with Crippen molar-refractivity contribution in [1.29, 1.82) is 0 Å². The highest BCUT2D eigenvalue weighted by Gasteiger charge is 2.31. The number of nitrogens with zero attached hydrogens (tertiary/aromatic N) is 1. The smallest absolute Gasteiger partial charge is 0.251 e. The van der Waals surface area contributed by atoms with Gasteiger partial charge in [-0.3, -0.25) is 9.59 Å². The number of anilines is 1. The quantitative estimate of drug-likeness (QED) is 0.806. The van der Waals surface area contributed by atoms with Crippen molar-refractivity contribution in [1.82, 2.24) is 9.97 Å². The summed E-state index contributed by atoms with van der Waals surface area (Å²) in [6.07, 6.45) is 1.74. The molecule has 0 radical (unpaired) electrons. The maximum Gasteiger partial charge on any atom is 0.251 e. The van der Waals surface area contributed by atoms with Crippen molar-refractivity contribution in [2.75, 3.05) is 5.32 Å². The number of aromatic nitrogens is 2. The number of carbonyl (C=O) groups excluding carboxylic acids is 1. The minimum atomic E-state index is -0.546. The highest BCUT2D eigenvalue weighted by Crippen LogP contribution is 2.27. The van der Waals surface area contributed by atoms with Crippen molar-refractivity contribution >= 4 is 11.6 Å². The molecule has 1 aliphatic rings. The van der Waals surface area contributed by atoms with Gasteiger partial charge in [0.05, 0.1) is 12.0 Å². The number of nitrogens with one attached hydrogen (secondary N) is 2. The molecule has 6 heteroatoms. The van der Waals surface area contributed by atoms with Crippen molar-refractivity contribution in [3.63, 3.8) is 0 Å². The number of aromatic amines is 1. The lowest BCUT2D eigenvalue weighted by molar-refractivity contribution is -0.122. The fourth-order valence-electron chi connectivity index (χ4n) is 2.91. The van der Waals surface area contributed by atoms with Gasteiger partial charge in [-0.25, -0.2) is 4.98 Å². The molecule has 2 atom stereocenters. The van der Waals surface area contributed by atoms with Crippen LogP contribution < -0.4 is 10.9 Å². The maximum absolute atomic E-state index is 12.1. The Morgan fingerprint density at radius 1 is 1.30 bits per heavy atom. The molecule has 1 aromatic heterocycles. The Morgan fingerprint density at radius 3 is 2.65 bits per heavy atom. The molecule has 23 heavy (non-hydrogen) atoms. The first-order chi connectivity index (χ1) is 11.0. The van der Waals surface area contributed by atoms with E-state index in [1.54, 1.807) is 31.2 Å². The number of aliphatic hydroxyl groups excluding tert-OH is 1. The predicted molar refractivity (Wildman–Crippen MR) is 87.0 cm³/mol. The second-order valence-electron chi connectivity index (χ2n) is 5.91. The van der Waals surface area contributed by atoms with Crippen LogP contribution in [0.5, 0.6) is 0 Å². The van der Waals surface area contributed by atoms with Gasteiger partial charge in [0, 0.05) is 23.0 Å². The van der Waals surface area contributed by atoms with E-state index in [2.05, 4.69) is 15.3 Å². The average molecular weight is 313 g/mol. The Labute approximate surface area is 133 Å². The number of benzene rings is 1.